The molecular formula is C21H14F2N2O2. The van der Waals surface area contributed by atoms with E-state index in [0.29, 0.717) is 11.0 Å². The first-order valence-corrected chi connectivity index (χ1v) is 8.26. The Kier molecular flexibility index (Phi) is 4.38. The number of H-pyrrole nitrogens is 1. The van der Waals surface area contributed by atoms with E-state index >= 15 is 0 Å². The number of ether oxygens (including phenoxy) is 1. The van der Waals surface area contributed by atoms with Crippen LogP contribution in [0.4, 0.5) is 8.78 Å². The van der Waals surface area contributed by atoms with Gasteiger partial charge in [0.25, 0.3) is 0 Å². The smallest absolute Gasteiger partial charge is 0.201 e. The Labute approximate surface area is 153 Å². The summed E-state index contributed by atoms with van der Waals surface area (Å²) in [6.45, 7) is 0.168. The molecule has 4 aromatic rings. The molecule has 0 amide bonds. The molecule has 1 N–H and O–H groups in total. The lowest BCUT2D eigenvalue weighted by atomic mass is 10.0. The molecule has 4 rings (SSSR count). The molecule has 2 heterocycles. The lowest BCUT2D eigenvalue weighted by Gasteiger charge is -2.09. The maximum Gasteiger partial charge on any atom is 0.201 e. The predicted molar refractivity (Wildman–Crippen MR) is 96.7 cm³/mol. The van der Waals surface area contributed by atoms with Crippen molar-refractivity contribution in [3.63, 3.8) is 0 Å². The zero-order chi connectivity index (χ0) is 18.8. The number of rotatable bonds is 5. The Balaban J connectivity index is 1.63. The third-order valence-corrected chi connectivity index (χ3v) is 4.19. The molecule has 0 atom stereocenters. The number of nitrogens with one attached hydrogen (secondary N) is 1. The fourth-order valence-electron chi connectivity index (χ4n) is 2.87. The van der Waals surface area contributed by atoms with E-state index in [4.69, 9.17) is 4.74 Å². The summed E-state index contributed by atoms with van der Waals surface area (Å²) >= 11 is 0. The number of hydrogen-bond acceptors (Lipinski definition) is 3. The summed E-state index contributed by atoms with van der Waals surface area (Å²) in [4.78, 5) is 19.6. The molecule has 0 saturated heterocycles. The Morgan fingerprint density at radius 1 is 1.04 bits per heavy atom. The summed E-state index contributed by atoms with van der Waals surface area (Å²) in [6, 6.07) is 14.6. The van der Waals surface area contributed by atoms with Gasteiger partial charge in [0, 0.05) is 35.5 Å². The first kappa shape index (κ1) is 16.9. The molecule has 0 bridgehead atoms. The second-order valence-electron chi connectivity index (χ2n) is 5.97. The highest BCUT2D eigenvalue weighted by Gasteiger charge is 2.23. The number of aromatic amines is 1. The number of carbonyl (C=O) groups excluding carboxylic acids is 1. The highest BCUT2D eigenvalue weighted by molar-refractivity contribution is 6.16. The third-order valence-electron chi connectivity index (χ3n) is 4.19. The molecule has 0 aliphatic heterocycles. The largest absolute Gasteiger partial charge is 0.489 e. The second-order valence-corrected chi connectivity index (χ2v) is 5.97. The van der Waals surface area contributed by atoms with Crippen LogP contribution < -0.4 is 4.74 Å². The van der Waals surface area contributed by atoms with Crippen molar-refractivity contribution in [1.82, 2.24) is 9.97 Å². The molecule has 0 unspecified atom stereocenters. The number of benzene rings is 2. The quantitative estimate of drug-likeness (QED) is 0.525. The van der Waals surface area contributed by atoms with Gasteiger partial charge in [-0.2, -0.15) is 0 Å². The lowest BCUT2D eigenvalue weighted by molar-refractivity contribution is 0.103. The Morgan fingerprint density at radius 2 is 1.78 bits per heavy atom. The summed E-state index contributed by atoms with van der Waals surface area (Å²) in [5.74, 6) is -2.67. The molecule has 0 fully saturated rings. The van der Waals surface area contributed by atoms with Gasteiger partial charge in [0.1, 0.15) is 29.6 Å². The maximum atomic E-state index is 14.5. The van der Waals surface area contributed by atoms with Gasteiger partial charge in [-0.25, -0.2) is 13.8 Å². The minimum atomic E-state index is -0.971. The molecule has 6 heteroatoms. The van der Waals surface area contributed by atoms with E-state index in [1.807, 2.05) is 30.3 Å². The number of fused-ring (bicyclic) bond motifs is 1. The molecule has 0 radical (unpaired) electrons. The standard InChI is InChI=1S/C21H14F2N2O2/c22-17-9-14(27-12-13-5-2-1-3-6-13)10-18(23)19(17)20(26)16-11-25-21-15(16)7-4-8-24-21/h1-11H,12H2,(H,24,25). The normalized spacial score (nSPS) is 10.9. The number of hydrogen-bond donors (Lipinski definition) is 1. The van der Waals surface area contributed by atoms with Crippen LogP contribution in [-0.4, -0.2) is 15.8 Å². The Bertz CT molecular complexity index is 1100. The molecule has 2 aromatic carbocycles. The van der Waals surface area contributed by atoms with Gasteiger partial charge >= 0.3 is 0 Å². The van der Waals surface area contributed by atoms with Crippen molar-refractivity contribution in [2.45, 2.75) is 6.61 Å². The van der Waals surface area contributed by atoms with Crippen LogP contribution in [-0.2, 0) is 6.61 Å². The number of aromatic nitrogens is 2. The van der Waals surface area contributed by atoms with Gasteiger partial charge in [-0.3, -0.25) is 4.79 Å². The van der Waals surface area contributed by atoms with Gasteiger partial charge in [0.15, 0.2) is 0 Å². The average Bonchev–Trinajstić information content (AvgIpc) is 3.11. The van der Waals surface area contributed by atoms with Gasteiger partial charge in [-0.05, 0) is 17.7 Å². The van der Waals surface area contributed by atoms with E-state index in [9.17, 15) is 13.6 Å². The van der Waals surface area contributed by atoms with E-state index in [0.717, 1.165) is 17.7 Å². The fraction of sp³-hybridized carbons (Fsp3) is 0.0476. The van der Waals surface area contributed by atoms with Crippen molar-refractivity contribution in [2.75, 3.05) is 0 Å². The molecule has 0 spiro atoms. The van der Waals surface area contributed by atoms with Crippen LogP contribution >= 0.6 is 0 Å². The molecule has 134 valence electrons. The van der Waals surface area contributed by atoms with E-state index < -0.39 is 23.0 Å². The van der Waals surface area contributed by atoms with Crippen molar-refractivity contribution in [3.8, 4) is 5.75 Å². The first-order valence-electron chi connectivity index (χ1n) is 8.26. The van der Waals surface area contributed by atoms with Crippen molar-refractivity contribution >= 4 is 16.8 Å². The van der Waals surface area contributed by atoms with Crippen LogP contribution in [0.15, 0.2) is 67.0 Å². The highest BCUT2D eigenvalue weighted by atomic mass is 19.1. The third kappa shape index (κ3) is 3.29. The van der Waals surface area contributed by atoms with Gasteiger partial charge in [-0.1, -0.05) is 30.3 Å². The van der Waals surface area contributed by atoms with Crippen LogP contribution in [0.5, 0.6) is 5.75 Å². The molecule has 4 nitrogen and oxygen atoms in total. The van der Waals surface area contributed by atoms with Crippen molar-refractivity contribution < 1.29 is 18.3 Å². The Morgan fingerprint density at radius 3 is 2.52 bits per heavy atom. The minimum Gasteiger partial charge on any atom is -0.489 e. The number of nitrogens with zero attached hydrogens (tertiary/aromatic N) is 1. The molecular weight excluding hydrogens is 350 g/mol. The monoisotopic (exact) mass is 364 g/mol. The molecule has 0 saturated carbocycles. The summed E-state index contributed by atoms with van der Waals surface area (Å²) in [7, 11) is 0. The van der Waals surface area contributed by atoms with Crippen LogP contribution in [0.3, 0.4) is 0 Å². The minimum absolute atomic E-state index is 0.0194. The van der Waals surface area contributed by atoms with Crippen LogP contribution in [0.2, 0.25) is 0 Å². The predicted octanol–water partition coefficient (Wildman–Crippen LogP) is 4.65. The average molecular weight is 364 g/mol. The van der Waals surface area contributed by atoms with E-state index in [2.05, 4.69) is 9.97 Å². The van der Waals surface area contributed by atoms with Gasteiger partial charge in [-0.15, -0.1) is 0 Å². The number of pyridine rings is 1. The topological polar surface area (TPSA) is 55.0 Å². The summed E-state index contributed by atoms with van der Waals surface area (Å²) < 4.78 is 34.5. The van der Waals surface area contributed by atoms with Crippen LogP contribution in [0.25, 0.3) is 11.0 Å². The first-order chi connectivity index (χ1) is 13.1. The molecule has 2 aromatic heterocycles. The molecule has 0 aliphatic carbocycles. The lowest BCUT2D eigenvalue weighted by Crippen LogP contribution is -2.08. The summed E-state index contributed by atoms with van der Waals surface area (Å²) in [6.07, 6.45) is 2.96. The van der Waals surface area contributed by atoms with Gasteiger partial charge in [0.2, 0.25) is 5.78 Å². The number of carbonyl (C=O) groups is 1. The van der Waals surface area contributed by atoms with Crippen molar-refractivity contribution in [2.24, 2.45) is 0 Å². The van der Waals surface area contributed by atoms with Crippen LogP contribution in [0.1, 0.15) is 21.5 Å². The van der Waals surface area contributed by atoms with Gasteiger partial charge < -0.3 is 9.72 Å². The maximum absolute atomic E-state index is 14.5. The summed E-state index contributed by atoms with van der Waals surface area (Å²) in [5, 5.41) is 0.505. The van der Waals surface area contributed by atoms with Crippen molar-refractivity contribution in [1.29, 1.82) is 0 Å². The number of halogens is 2. The Hall–Kier alpha value is -3.54. The highest BCUT2D eigenvalue weighted by Crippen LogP contribution is 2.26. The van der Waals surface area contributed by atoms with E-state index in [1.54, 1.807) is 18.3 Å². The SMILES string of the molecule is O=C(c1c(F)cc(OCc2ccccc2)cc1F)c1c[nH]c2ncccc12. The van der Waals surface area contributed by atoms with Crippen LogP contribution in [0, 0.1) is 11.6 Å². The summed E-state index contributed by atoms with van der Waals surface area (Å²) in [5.41, 5.74) is 0.884. The molecule has 27 heavy (non-hydrogen) atoms. The molecule has 0 aliphatic rings. The zero-order valence-corrected chi connectivity index (χ0v) is 14.1. The fourth-order valence-corrected chi connectivity index (χ4v) is 2.87. The second kappa shape index (κ2) is 6.99. The van der Waals surface area contributed by atoms with E-state index in [1.165, 1.54) is 6.20 Å². The zero-order valence-electron chi connectivity index (χ0n) is 14.1. The van der Waals surface area contributed by atoms with Gasteiger partial charge in [0.05, 0.1) is 5.56 Å². The van der Waals surface area contributed by atoms with E-state index in [-0.39, 0.29) is 17.9 Å². The van der Waals surface area contributed by atoms with Crippen molar-refractivity contribution in [3.05, 3.63) is 95.3 Å². The number of ketones is 1.